The molecular weight excluding hydrogens is 410 g/mol. The zero-order valence-corrected chi connectivity index (χ0v) is 17.6. The molecule has 0 radical (unpaired) electrons. The third-order valence-corrected chi connectivity index (χ3v) is 5.37. The van der Waals surface area contributed by atoms with Crippen molar-refractivity contribution in [2.75, 3.05) is 18.5 Å². The topological polar surface area (TPSA) is 64.6 Å². The molecule has 1 aromatic heterocycles. The number of thiophene rings is 1. The largest absolute Gasteiger partial charge is 0.483 e. The van der Waals surface area contributed by atoms with E-state index in [0.29, 0.717) is 21.3 Å². The smallest absolute Gasteiger partial charge is 0.341 e. The van der Waals surface area contributed by atoms with Gasteiger partial charge in [-0.05, 0) is 49.2 Å². The van der Waals surface area contributed by atoms with Gasteiger partial charge in [0.15, 0.2) is 6.61 Å². The van der Waals surface area contributed by atoms with E-state index in [1.165, 1.54) is 11.3 Å². The lowest BCUT2D eigenvalue weighted by atomic mass is 10.1. The third kappa shape index (κ3) is 5.37. The van der Waals surface area contributed by atoms with Crippen LogP contribution in [0.5, 0.6) is 5.75 Å². The van der Waals surface area contributed by atoms with Gasteiger partial charge in [0, 0.05) is 9.90 Å². The minimum absolute atomic E-state index is 0.191. The molecule has 0 bridgehead atoms. The predicted molar refractivity (Wildman–Crippen MR) is 116 cm³/mol. The summed E-state index contributed by atoms with van der Waals surface area (Å²) in [5, 5.41) is 3.81. The standard InChI is InChI=1S/C22H20ClNO4S/c1-3-27-22(26)17-12-19(15-7-5-4-6-8-15)29-21(17)24-20(25)13-28-18-10-9-16(23)11-14(18)2/h4-12H,3,13H2,1-2H3,(H,24,25). The third-order valence-electron chi connectivity index (χ3n) is 4.03. The Morgan fingerprint density at radius 3 is 2.55 bits per heavy atom. The fourth-order valence-electron chi connectivity index (χ4n) is 2.67. The summed E-state index contributed by atoms with van der Waals surface area (Å²) in [6.45, 7) is 3.65. The van der Waals surface area contributed by atoms with Gasteiger partial charge in [0.25, 0.3) is 5.91 Å². The van der Waals surface area contributed by atoms with Crippen molar-refractivity contribution in [3.63, 3.8) is 0 Å². The maximum atomic E-state index is 12.4. The fourth-order valence-corrected chi connectivity index (χ4v) is 3.96. The Bertz CT molecular complexity index is 1020. The summed E-state index contributed by atoms with van der Waals surface area (Å²) in [5.41, 5.74) is 2.11. The molecule has 0 spiro atoms. The van der Waals surface area contributed by atoms with Crippen molar-refractivity contribution in [2.45, 2.75) is 13.8 Å². The number of carbonyl (C=O) groups is 2. The van der Waals surface area contributed by atoms with E-state index in [4.69, 9.17) is 21.1 Å². The zero-order valence-electron chi connectivity index (χ0n) is 16.0. The number of benzene rings is 2. The first-order chi connectivity index (χ1) is 14.0. The zero-order chi connectivity index (χ0) is 20.8. The van der Waals surface area contributed by atoms with Gasteiger partial charge in [-0.15, -0.1) is 11.3 Å². The Kier molecular flexibility index (Phi) is 6.90. The number of hydrogen-bond acceptors (Lipinski definition) is 5. The van der Waals surface area contributed by atoms with E-state index >= 15 is 0 Å². The second kappa shape index (κ2) is 9.58. The van der Waals surface area contributed by atoms with Gasteiger partial charge in [-0.3, -0.25) is 4.79 Å². The average Bonchev–Trinajstić information content (AvgIpc) is 3.12. The van der Waals surface area contributed by atoms with Crippen LogP contribution in [-0.2, 0) is 9.53 Å². The van der Waals surface area contributed by atoms with Gasteiger partial charge in [-0.25, -0.2) is 4.79 Å². The molecule has 0 fully saturated rings. The van der Waals surface area contributed by atoms with Crippen LogP contribution < -0.4 is 10.1 Å². The van der Waals surface area contributed by atoms with Crippen LogP contribution in [0.15, 0.2) is 54.6 Å². The van der Waals surface area contributed by atoms with Crippen molar-refractivity contribution in [1.82, 2.24) is 0 Å². The summed E-state index contributed by atoms with van der Waals surface area (Å²) in [5.74, 6) is -0.270. The maximum absolute atomic E-state index is 12.4. The van der Waals surface area contributed by atoms with Crippen LogP contribution >= 0.6 is 22.9 Å². The fraction of sp³-hybridized carbons (Fsp3) is 0.182. The number of amides is 1. The van der Waals surface area contributed by atoms with Gasteiger partial charge in [0.05, 0.1) is 12.2 Å². The average molecular weight is 430 g/mol. The molecule has 29 heavy (non-hydrogen) atoms. The van der Waals surface area contributed by atoms with Crippen molar-refractivity contribution in [3.05, 3.63) is 70.7 Å². The summed E-state index contributed by atoms with van der Waals surface area (Å²) in [6, 6.07) is 16.6. The Balaban J connectivity index is 1.76. The molecule has 0 saturated heterocycles. The molecule has 7 heteroatoms. The number of hydrogen-bond donors (Lipinski definition) is 1. The lowest BCUT2D eigenvalue weighted by Crippen LogP contribution is -2.21. The van der Waals surface area contributed by atoms with Crippen molar-refractivity contribution < 1.29 is 19.1 Å². The molecule has 0 saturated carbocycles. The van der Waals surface area contributed by atoms with E-state index in [0.717, 1.165) is 16.0 Å². The summed E-state index contributed by atoms with van der Waals surface area (Å²) < 4.78 is 10.7. The van der Waals surface area contributed by atoms with E-state index in [1.807, 2.05) is 37.3 Å². The molecule has 0 aliphatic rings. The van der Waals surface area contributed by atoms with Gasteiger partial charge in [0.1, 0.15) is 10.8 Å². The molecule has 1 heterocycles. The van der Waals surface area contributed by atoms with Gasteiger partial charge >= 0.3 is 5.97 Å². The van der Waals surface area contributed by atoms with E-state index in [2.05, 4.69) is 5.32 Å². The molecule has 3 aromatic rings. The van der Waals surface area contributed by atoms with E-state index in [9.17, 15) is 9.59 Å². The Hall–Kier alpha value is -2.83. The number of nitrogens with one attached hydrogen (secondary N) is 1. The summed E-state index contributed by atoms with van der Waals surface area (Å²) >= 11 is 7.25. The molecule has 1 amide bonds. The maximum Gasteiger partial charge on any atom is 0.341 e. The van der Waals surface area contributed by atoms with Crippen molar-refractivity contribution in [1.29, 1.82) is 0 Å². The molecule has 0 unspecified atom stereocenters. The lowest BCUT2D eigenvalue weighted by Gasteiger charge is -2.10. The van der Waals surface area contributed by atoms with Gasteiger partial charge in [-0.2, -0.15) is 0 Å². The number of carbonyl (C=O) groups excluding carboxylic acids is 2. The SMILES string of the molecule is CCOC(=O)c1cc(-c2ccccc2)sc1NC(=O)COc1ccc(Cl)cc1C. The van der Waals surface area contributed by atoms with Crippen LogP contribution in [0.2, 0.25) is 5.02 Å². The van der Waals surface area contributed by atoms with E-state index in [-0.39, 0.29) is 19.1 Å². The first kappa shape index (κ1) is 20.9. The van der Waals surface area contributed by atoms with Crippen molar-refractivity contribution in [3.8, 4) is 16.2 Å². The lowest BCUT2D eigenvalue weighted by molar-refractivity contribution is -0.118. The van der Waals surface area contributed by atoms with Crippen LogP contribution in [0.3, 0.4) is 0 Å². The Labute approximate surface area is 178 Å². The molecule has 0 aliphatic carbocycles. The van der Waals surface area contributed by atoms with Crippen LogP contribution in [0.1, 0.15) is 22.8 Å². The summed E-state index contributed by atoms with van der Waals surface area (Å²) in [4.78, 5) is 25.6. The Morgan fingerprint density at radius 2 is 1.86 bits per heavy atom. The highest BCUT2D eigenvalue weighted by Crippen LogP contribution is 2.36. The number of halogens is 1. The molecule has 2 aromatic carbocycles. The quantitative estimate of drug-likeness (QED) is 0.498. The second-order valence-electron chi connectivity index (χ2n) is 6.19. The minimum atomic E-state index is -0.476. The molecule has 3 rings (SSSR count). The predicted octanol–water partition coefficient (Wildman–Crippen LogP) is 5.57. The second-order valence-corrected chi connectivity index (χ2v) is 7.68. The summed E-state index contributed by atoms with van der Waals surface area (Å²) in [6.07, 6.45) is 0. The summed E-state index contributed by atoms with van der Waals surface area (Å²) in [7, 11) is 0. The number of aryl methyl sites for hydroxylation is 1. The van der Waals surface area contributed by atoms with Gasteiger partial charge < -0.3 is 14.8 Å². The highest BCUT2D eigenvalue weighted by Gasteiger charge is 2.20. The van der Waals surface area contributed by atoms with Crippen LogP contribution in [0.4, 0.5) is 5.00 Å². The molecular formula is C22H20ClNO4S. The Morgan fingerprint density at radius 1 is 1.10 bits per heavy atom. The van der Waals surface area contributed by atoms with Gasteiger partial charge in [-0.1, -0.05) is 41.9 Å². The van der Waals surface area contributed by atoms with Gasteiger partial charge in [0.2, 0.25) is 0 Å². The molecule has 1 N–H and O–H groups in total. The number of esters is 1. The van der Waals surface area contributed by atoms with Crippen LogP contribution in [0, 0.1) is 6.92 Å². The molecule has 0 aliphatic heterocycles. The molecule has 150 valence electrons. The first-order valence-corrected chi connectivity index (χ1v) is 10.2. The number of ether oxygens (including phenoxy) is 2. The van der Waals surface area contributed by atoms with Crippen molar-refractivity contribution in [2.24, 2.45) is 0 Å². The molecule has 5 nitrogen and oxygen atoms in total. The van der Waals surface area contributed by atoms with Crippen LogP contribution in [0.25, 0.3) is 10.4 Å². The first-order valence-electron chi connectivity index (χ1n) is 9.03. The minimum Gasteiger partial charge on any atom is -0.483 e. The molecule has 0 atom stereocenters. The van der Waals surface area contributed by atoms with Crippen molar-refractivity contribution >= 4 is 39.8 Å². The van der Waals surface area contributed by atoms with Crippen LogP contribution in [-0.4, -0.2) is 25.1 Å². The highest BCUT2D eigenvalue weighted by atomic mass is 35.5. The number of rotatable bonds is 7. The van der Waals surface area contributed by atoms with E-state index in [1.54, 1.807) is 31.2 Å². The van der Waals surface area contributed by atoms with E-state index < -0.39 is 5.97 Å². The highest BCUT2D eigenvalue weighted by molar-refractivity contribution is 7.20. The normalized spacial score (nSPS) is 10.4. The monoisotopic (exact) mass is 429 g/mol. The number of anilines is 1.